The minimum absolute atomic E-state index is 0.0452. The van der Waals surface area contributed by atoms with Crippen LogP contribution in [0, 0.1) is 0 Å². The fourth-order valence-electron chi connectivity index (χ4n) is 2.86. The minimum Gasteiger partial charge on any atom is -0.486 e. The molecule has 130 valence electrons. The van der Waals surface area contributed by atoms with E-state index in [1.165, 1.54) is 11.3 Å². The summed E-state index contributed by atoms with van der Waals surface area (Å²) in [7, 11) is 0. The third-order valence-corrected chi connectivity index (χ3v) is 4.64. The van der Waals surface area contributed by atoms with E-state index in [9.17, 15) is 9.59 Å². The Morgan fingerprint density at radius 2 is 2.12 bits per heavy atom. The first kappa shape index (κ1) is 15.7. The van der Waals surface area contributed by atoms with E-state index in [2.05, 4.69) is 15.6 Å². The molecule has 9 heteroatoms. The Labute approximate surface area is 147 Å². The lowest BCUT2D eigenvalue weighted by Gasteiger charge is -2.22. The summed E-state index contributed by atoms with van der Waals surface area (Å²) in [5.41, 5.74) is 0.735. The Kier molecular flexibility index (Phi) is 4.14. The lowest BCUT2D eigenvalue weighted by molar-refractivity contribution is -0.117. The van der Waals surface area contributed by atoms with E-state index in [0.717, 1.165) is 5.69 Å². The number of hydrogen-bond donors (Lipinski definition) is 2. The second-order valence-electron chi connectivity index (χ2n) is 5.67. The highest BCUT2D eigenvalue weighted by Gasteiger charge is 2.32. The van der Waals surface area contributed by atoms with E-state index in [1.807, 2.05) is 6.07 Å². The highest BCUT2D eigenvalue weighted by atomic mass is 32.1. The third-order valence-electron chi connectivity index (χ3n) is 3.95. The van der Waals surface area contributed by atoms with Crippen LogP contribution in [0.5, 0.6) is 11.5 Å². The van der Waals surface area contributed by atoms with Crippen LogP contribution in [0.1, 0.15) is 6.42 Å². The molecule has 0 bridgehead atoms. The van der Waals surface area contributed by atoms with Gasteiger partial charge in [-0.3, -0.25) is 10.1 Å². The van der Waals surface area contributed by atoms with Crippen LogP contribution in [0.2, 0.25) is 0 Å². The van der Waals surface area contributed by atoms with E-state index >= 15 is 0 Å². The molecule has 0 saturated carbocycles. The van der Waals surface area contributed by atoms with Gasteiger partial charge in [-0.2, -0.15) is 0 Å². The van der Waals surface area contributed by atoms with Crippen molar-refractivity contribution in [3.05, 3.63) is 29.8 Å². The molecule has 2 aliphatic rings. The summed E-state index contributed by atoms with van der Waals surface area (Å²) in [6.07, 6.45) is 1.86. The van der Waals surface area contributed by atoms with Crippen LogP contribution in [0.15, 0.2) is 29.8 Å². The third kappa shape index (κ3) is 3.36. The van der Waals surface area contributed by atoms with Crippen LogP contribution in [-0.4, -0.2) is 42.7 Å². The van der Waals surface area contributed by atoms with E-state index in [1.54, 1.807) is 28.6 Å². The predicted molar refractivity (Wildman–Crippen MR) is 92.5 cm³/mol. The van der Waals surface area contributed by atoms with Crippen LogP contribution in [-0.2, 0) is 4.79 Å². The molecule has 1 aromatic carbocycles. The Bertz CT molecular complexity index is 795. The van der Waals surface area contributed by atoms with E-state index in [0.29, 0.717) is 36.4 Å². The lowest BCUT2D eigenvalue weighted by Crippen LogP contribution is -2.39. The minimum atomic E-state index is -0.364. The predicted octanol–water partition coefficient (Wildman–Crippen LogP) is 1.84. The van der Waals surface area contributed by atoms with E-state index < -0.39 is 0 Å². The summed E-state index contributed by atoms with van der Waals surface area (Å²) in [6, 6.07) is 4.79. The normalized spacial score (nSPS) is 19.0. The quantitative estimate of drug-likeness (QED) is 0.871. The number of nitrogens with zero attached hydrogens (tertiary/aromatic N) is 2. The fourth-order valence-corrected chi connectivity index (χ4v) is 3.38. The maximum Gasteiger partial charge on any atom is 0.321 e. The smallest absolute Gasteiger partial charge is 0.321 e. The Balaban J connectivity index is 1.41. The van der Waals surface area contributed by atoms with Gasteiger partial charge in [0, 0.05) is 36.3 Å². The summed E-state index contributed by atoms with van der Waals surface area (Å²) in [5, 5.41) is 7.75. The number of carbonyl (C=O) groups is 2. The van der Waals surface area contributed by atoms with Crippen molar-refractivity contribution in [2.75, 3.05) is 30.0 Å². The summed E-state index contributed by atoms with van der Waals surface area (Å²) in [6.45, 7) is 1.42. The van der Waals surface area contributed by atoms with Crippen molar-refractivity contribution < 1.29 is 19.1 Å². The maximum atomic E-state index is 12.3. The second-order valence-corrected chi connectivity index (χ2v) is 6.56. The number of nitrogens with one attached hydrogen (secondary N) is 2. The number of anilines is 2. The number of thiazole rings is 1. The molecule has 0 spiro atoms. The molecule has 2 N–H and O–H groups in total. The Morgan fingerprint density at radius 1 is 1.28 bits per heavy atom. The van der Waals surface area contributed by atoms with Crippen molar-refractivity contribution >= 4 is 34.1 Å². The molecule has 4 rings (SSSR count). The van der Waals surface area contributed by atoms with Gasteiger partial charge in [-0.1, -0.05) is 0 Å². The number of fused-ring (bicyclic) bond motifs is 1. The Hall–Kier alpha value is -2.81. The molecule has 2 aliphatic heterocycles. The van der Waals surface area contributed by atoms with Gasteiger partial charge in [0.2, 0.25) is 5.91 Å². The fraction of sp³-hybridized carbons (Fsp3) is 0.312. The molecule has 0 unspecified atom stereocenters. The van der Waals surface area contributed by atoms with Gasteiger partial charge in [0.1, 0.15) is 13.2 Å². The largest absolute Gasteiger partial charge is 0.486 e. The maximum absolute atomic E-state index is 12.3. The van der Waals surface area contributed by atoms with Gasteiger partial charge in [-0.05, 0) is 12.1 Å². The first-order chi connectivity index (χ1) is 12.2. The van der Waals surface area contributed by atoms with Crippen molar-refractivity contribution in [1.29, 1.82) is 0 Å². The number of hydrogen-bond acceptors (Lipinski definition) is 6. The number of benzene rings is 1. The number of aromatic nitrogens is 1. The first-order valence-electron chi connectivity index (χ1n) is 7.86. The molecule has 2 aromatic rings. The van der Waals surface area contributed by atoms with Crippen molar-refractivity contribution in [1.82, 2.24) is 10.3 Å². The summed E-state index contributed by atoms with van der Waals surface area (Å²) >= 11 is 1.33. The summed E-state index contributed by atoms with van der Waals surface area (Å²) in [4.78, 5) is 29.9. The van der Waals surface area contributed by atoms with Crippen molar-refractivity contribution in [3.8, 4) is 11.5 Å². The molecule has 1 fully saturated rings. The van der Waals surface area contributed by atoms with Gasteiger partial charge in [-0.15, -0.1) is 11.3 Å². The number of ether oxygens (including phenoxy) is 2. The topological polar surface area (TPSA) is 92.8 Å². The number of rotatable bonds is 3. The highest BCUT2D eigenvalue weighted by molar-refractivity contribution is 7.13. The highest BCUT2D eigenvalue weighted by Crippen LogP contribution is 2.35. The van der Waals surface area contributed by atoms with Gasteiger partial charge >= 0.3 is 6.03 Å². The SMILES string of the molecule is O=C(Nc1nccs1)N[C@@H]1CC(=O)N(c2ccc3c(c2)OCCO3)C1. The van der Waals surface area contributed by atoms with Crippen LogP contribution < -0.4 is 25.0 Å². The van der Waals surface area contributed by atoms with Gasteiger partial charge in [0.05, 0.1) is 6.04 Å². The molecular weight excluding hydrogens is 344 g/mol. The molecule has 0 aliphatic carbocycles. The zero-order valence-corrected chi connectivity index (χ0v) is 14.0. The van der Waals surface area contributed by atoms with Crippen molar-refractivity contribution in [2.45, 2.75) is 12.5 Å². The zero-order valence-electron chi connectivity index (χ0n) is 13.2. The molecular formula is C16H16N4O4S. The number of carbonyl (C=O) groups excluding carboxylic acids is 2. The van der Waals surface area contributed by atoms with Crippen molar-refractivity contribution in [2.24, 2.45) is 0 Å². The number of amides is 3. The van der Waals surface area contributed by atoms with Crippen LogP contribution in [0.4, 0.5) is 15.6 Å². The molecule has 1 saturated heterocycles. The number of urea groups is 1. The van der Waals surface area contributed by atoms with Crippen molar-refractivity contribution in [3.63, 3.8) is 0 Å². The molecule has 3 heterocycles. The molecule has 25 heavy (non-hydrogen) atoms. The average Bonchev–Trinajstić information content (AvgIpc) is 3.24. The van der Waals surface area contributed by atoms with Gasteiger partial charge in [0.15, 0.2) is 16.6 Å². The molecule has 0 radical (unpaired) electrons. The zero-order chi connectivity index (χ0) is 17.2. The average molecular weight is 360 g/mol. The first-order valence-corrected chi connectivity index (χ1v) is 8.74. The van der Waals surface area contributed by atoms with Crippen LogP contribution >= 0.6 is 11.3 Å². The van der Waals surface area contributed by atoms with Gasteiger partial charge in [0.25, 0.3) is 0 Å². The summed E-state index contributed by atoms with van der Waals surface area (Å²) < 4.78 is 11.1. The van der Waals surface area contributed by atoms with Crippen LogP contribution in [0.3, 0.4) is 0 Å². The van der Waals surface area contributed by atoms with Crippen LogP contribution in [0.25, 0.3) is 0 Å². The monoisotopic (exact) mass is 360 g/mol. The lowest BCUT2D eigenvalue weighted by atomic mass is 10.2. The van der Waals surface area contributed by atoms with E-state index in [-0.39, 0.29) is 24.4 Å². The molecule has 1 aromatic heterocycles. The molecule has 1 atom stereocenters. The van der Waals surface area contributed by atoms with Gasteiger partial charge in [-0.25, -0.2) is 9.78 Å². The Morgan fingerprint density at radius 3 is 2.92 bits per heavy atom. The van der Waals surface area contributed by atoms with E-state index in [4.69, 9.17) is 9.47 Å². The second kappa shape index (κ2) is 6.60. The summed E-state index contributed by atoms with van der Waals surface area (Å²) in [5.74, 6) is 1.27. The van der Waals surface area contributed by atoms with Gasteiger partial charge < -0.3 is 19.7 Å². The molecule has 8 nitrogen and oxygen atoms in total. The molecule has 3 amide bonds. The standard InChI is InChI=1S/C16H16N4O4S/c21-14-7-10(18-15(22)19-16-17-3-6-25-16)9-20(14)11-1-2-12-13(8-11)24-5-4-23-12/h1-3,6,8,10H,4-5,7,9H2,(H2,17,18,19,22)/t10-/m1/s1.